The van der Waals surface area contributed by atoms with Crippen molar-refractivity contribution >= 4 is 27.5 Å². The third kappa shape index (κ3) is 3.73. The summed E-state index contributed by atoms with van der Waals surface area (Å²) in [4.78, 5) is 19.3. The summed E-state index contributed by atoms with van der Waals surface area (Å²) in [6, 6.07) is 16.0. The molecular formula is C21H22N2O2S. The number of para-hydroxylation sites is 1. The molecule has 0 radical (unpaired) electrons. The average Bonchev–Trinajstić information content (AvgIpc) is 3.10. The second-order valence-corrected chi connectivity index (χ2v) is 7.87. The summed E-state index contributed by atoms with van der Waals surface area (Å²) in [6.45, 7) is 3.64. The van der Waals surface area contributed by atoms with Crippen molar-refractivity contribution < 1.29 is 9.53 Å². The van der Waals surface area contributed by atoms with Gasteiger partial charge in [0, 0.05) is 19.0 Å². The van der Waals surface area contributed by atoms with E-state index in [1.54, 1.807) is 11.3 Å². The van der Waals surface area contributed by atoms with Crippen molar-refractivity contribution in [3.63, 3.8) is 0 Å². The number of hydrogen-bond donors (Lipinski definition) is 0. The Bertz CT molecular complexity index is 888. The molecule has 0 aliphatic carbocycles. The van der Waals surface area contributed by atoms with Gasteiger partial charge in [0.05, 0.1) is 15.2 Å². The van der Waals surface area contributed by atoms with Crippen molar-refractivity contribution in [2.45, 2.75) is 25.7 Å². The molecule has 2 aromatic carbocycles. The first-order valence-corrected chi connectivity index (χ1v) is 9.83. The molecule has 4 rings (SSSR count). The van der Waals surface area contributed by atoms with Crippen LogP contribution in [0.5, 0.6) is 5.75 Å². The van der Waals surface area contributed by atoms with Gasteiger partial charge < -0.3 is 9.64 Å². The Morgan fingerprint density at radius 1 is 1.27 bits per heavy atom. The van der Waals surface area contributed by atoms with Gasteiger partial charge in [0.15, 0.2) is 6.61 Å². The molecule has 5 heteroatoms. The number of carbonyl (C=O) groups is 1. The molecule has 0 N–H and O–H groups in total. The number of thiazole rings is 1. The van der Waals surface area contributed by atoms with E-state index in [9.17, 15) is 4.79 Å². The third-order valence-corrected chi connectivity index (χ3v) is 5.98. The SMILES string of the molecule is Cc1cccc(OCC(=O)N2CCC[C@H](c3nc4ccccc4s3)C2)c1. The quantitative estimate of drug-likeness (QED) is 0.688. The molecular weight excluding hydrogens is 344 g/mol. The van der Waals surface area contributed by atoms with E-state index < -0.39 is 0 Å². The van der Waals surface area contributed by atoms with E-state index in [2.05, 4.69) is 12.1 Å². The molecule has 0 saturated carbocycles. The minimum Gasteiger partial charge on any atom is -0.484 e. The second-order valence-electron chi connectivity index (χ2n) is 6.80. The Labute approximate surface area is 157 Å². The van der Waals surface area contributed by atoms with Gasteiger partial charge >= 0.3 is 0 Å². The number of amides is 1. The summed E-state index contributed by atoms with van der Waals surface area (Å²) < 4.78 is 6.90. The smallest absolute Gasteiger partial charge is 0.260 e. The normalized spacial score (nSPS) is 17.4. The number of aryl methyl sites for hydroxylation is 1. The van der Waals surface area contributed by atoms with E-state index in [1.165, 1.54) is 4.70 Å². The molecule has 1 aromatic heterocycles. The van der Waals surface area contributed by atoms with Crippen molar-refractivity contribution in [1.29, 1.82) is 0 Å². The van der Waals surface area contributed by atoms with Crippen molar-refractivity contribution in [2.24, 2.45) is 0 Å². The first kappa shape index (κ1) is 17.0. The summed E-state index contributed by atoms with van der Waals surface area (Å²) in [5, 5.41) is 1.14. The molecule has 134 valence electrons. The van der Waals surface area contributed by atoms with Crippen LogP contribution in [0.4, 0.5) is 0 Å². The van der Waals surface area contributed by atoms with E-state index in [0.717, 1.165) is 47.8 Å². The Hall–Kier alpha value is -2.40. The van der Waals surface area contributed by atoms with Gasteiger partial charge in [-0.2, -0.15) is 0 Å². The molecule has 4 nitrogen and oxygen atoms in total. The highest BCUT2D eigenvalue weighted by Gasteiger charge is 2.27. The standard InChI is InChI=1S/C21H22N2O2S/c1-15-6-4-8-17(12-15)25-14-20(24)23-11-5-7-16(13-23)21-22-18-9-2-3-10-19(18)26-21/h2-4,6,8-10,12,16H,5,7,11,13-14H2,1H3/t16-/m0/s1. The fourth-order valence-electron chi connectivity index (χ4n) is 3.41. The zero-order valence-electron chi connectivity index (χ0n) is 14.9. The Morgan fingerprint density at radius 2 is 2.15 bits per heavy atom. The fraction of sp³-hybridized carbons (Fsp3) is 0.333. The molecule has 26 heavy (non-hydrogen) atoms. The van der Waals surface area contributed by atoms with Crippen molar-refractivity contribution in [3.05, 3.63) is 59.1 Å². The highest BCUT2D eigenvalue weighted by molar-refractivity contribution is 7.18. The maximum absolute atomic E-state index is 12.6. The molecule has 1 fully saturated rings. The number of piperidine rings is 1. The van der Waals surface area contributed by atoms with Crippen LogP contribution in [0.15, 0.2) is 48.5 Å². The fourth-order valence-corrected chi connectivity index (χ4v) is 4.50. The van der Waals surface area contributed by atoms with Gasteiger partial charge in [-0.25, -0.2) is 4.98 Å². The maximum atomic E-state index is 12.6. The number of benzene rings is 2. The van der Waals surface area contributed by atoms with Crippen LogP contribution in [-0.4, -0.2) is 35.5 Å². The summed E-state index contributed by atoms with van der Waals surface area (Å²) in [6.07, 6.45) is 2.10. The van der Waals surface area contributed by atoms with Crippen LogP contribution in [0.1, 0.15) is 29.3 Å². The summed E-state index contributed by atoms with van der Waals surface area (Å²) >= 11 is 1.75. The number of ether oxygens (including phenoxy) is 1. The number of rotatable bonds is 4. The zero-order valence-corrected chi connectivity index (χ0v) is 15.7. The number of carbonyl (C=O) groups excluding carboxylic acids is 1. The van der Waals surface area contributed by atoms with Gasteiger partial charge in [0.25, 0.3) is 5.91 Å². The first-order chi connectivity index (χ1) is 12.7. The highest BCUT2D eigenvalue weighted by Crippen LogP contribution is 2.33. The predicted molar refractivity (Wildman–Crippen MR) is 105 cm³/mol. The van der Waals surface area contributed by atoms with Gasteiger partial charge in [-0.15, -0.1) is 11.3 Å². The molecule has 2 heterocycles. The molecule has 1 atom stereocenters. The molecule has 1 aliphatic rings. The highest BCUT2D eigenvalue weighted by atomic mass is 32.1. The van der Waals surface area contributed by atoms with E-state index in [-0.39, 0.29) is 12.5 Å². The van der Waals surface area contributed by atoms with Gasteiger partial charge in [-0.3, -0.25) is 4.79 Å². The lowest BCUT2D eigenvalue weighted by atomic mass is 9.99. The zero-order chi connectivity index (χ0) is 17.9. The molecule has 0 spiro atoms. The average molecular weight is 366 g/mol. The molecule has 1 aliphatic heterocycles. The van der Waals surface area contributed by atoms with Gasteiger partial charge in [0.2, 0.25) is 0 Å². The molecule has 0 unspecified atom stereocenters. The molecule has 3 aromatic rings. The van der Waals surface area contributed by atoms with Crippen LogP contribution in [0.3, 0.4) is 0 Å². The molecule has 0 bridgehead atoms. The van der Waals surface area contributed by atoms with E-state index in [0.29, 0.717) is 5.92 Å². The van der Waals surface area contributed by atoms with Crippen LogP contribution in [0.25, 0.3) is 10.2 Å². The maximum Gasteiger partial charge on any atom is 0.260 e. The van der Waals surface area contributed by atoms with Crippen LogP contribution < -0.4 is 4.74 Å². The second kappa shape index (κ2) is 7.46. The number of likely N-dealkylation sites (tertiary alicyclic amines) is 1. The van der Waals surface area contributed by atoms with Crippen molar-refractivity contribution in [3.8, 4) is 5.75 Å². The van der Waals surface area contributed by atoms with Gasteiger partial charge in [-0.05, 0) is 49.6 Å². The van der Waals surface area contributed by atoms with Crippen LogP contribution >= 0.6 is 11.3 Å². The summed E-state index contributed by atoms with van der Waals surface area (Å²) in [7, 11) is 0. The predicted octanol–water partition coefficient (Wildman–Crippen LogP) is 4.39. The lowest BCUT2D eigenvalue weighted by Gasteiger charge is -2.31. The lowest BCUT2D eigenvalue weighted by Crippen LogP contribution is -2.41. The Morgan fingerprint density at radius 3 is 3.00 bits per heavy atom. The number of fused-ring (bicyclic) bond motifs is 1. The topological polar surface area (TPSA) is 42.4 Å². The Balaban J connectivity index is 1.40. The van der Waals surface area contributed by atoms with E-state index >= 15 is 0 Å². The lowest BCUT2D eigenvalue weighted by molar-refractivity contribution is -0.134. The van der Waals surface area contributed by atoms with E-state index in [1.807, 2.05) is 48.2 Å². The van der Waals surface area contributed by atoms with Crippen molar-refractivity contribution in [2.75, 3.05) is 19.7 Å². The number of aromatic nitrogens is 1. The largest absolute Gasteiger partial charge is 0.484 e. The van der Waals surface area contributed by atoms with Crippen molar-refractivity contribution in [1.82, 2.24) is 9.88 Å². The van der Waals surface area contributed by atoms with E-state index in [4.69, 9.17) is 9.72 Å². The number of hydrogen-bond acceptors (Lipinski definition) is 4. The van der Waals surface area contributed by atoms with Gasteiger partial charge in [-0.1, -0.05) is 24.3 Å². The van der Waals surface area contributed by atoms with Crippen LogP contribution in [0.2, 0.25) is 0 Å². The number of nitrogens with zero attached hydrogens (tertiary/aromatic N) is 2. The molecule has 1 saturated heterocycles. The monoisotopic (exact) mass is 366 g/mol. The summed E-state index contributed by atoms with van der Waals surface area (Å²) in [5.41, 5.74) is 2.18. The Kier molecular flexibility index (Phi) is 4.89. The van der Waals surface area contributed by atoms with Crippen LogP contribution in [-0.2, 0) is 4.79 Å². The first-order valence-electron chi connectivity index (χ1n) is 9.02. The third-order valence-electron chi connectivity index (χ3n) is 4.79. The summed E-state index contributed by atoms with van der Waals surface area (Å²) in [5.74, 6) is 1.12. The van der Waals surface area contributed by atoms with Crippen LogP contribution in [0, 0.1) is 6.92 Å². The minimum atomic E-state index is 0.0531. The minimum absolute atomic E-state index is 0.0531. The molecule has 1 amide bonds. The van der Waals surface area contributed by atoms with Gasteiger partial charge in [0.1, 0.15) is 5.75 Å².